The Balaban J connectivity index is 3.71. The van der Waals surface area contributed by atoms with E-state index in [4.69, 9.17) is 11.6 Å². The minimum absolute atomic E-state index is 0.0641. The van der Waals surface area contributed by atoms with E-state index in [1.807, 2.05) is 20.8 Å². The van der Waals surface area contributed by atoms with Crippen molar-refractivity contribution in [1.82, 2.24) is 5.32 Å². The van der Waals surface area contributed by atoms with E-state index in [0.29, 0.717) is 6.54 Å². The first-order valence-electron chi connectivity index (χ1n) is 4.80. The molecule has 1 amide bonds. The van der Waals surface area contributed by atoms with Crippen LogP contribution in [0.15, 0.2) is 0 Å². The number of carbonyl (C=O) groups is 1. The predicted octanol–water partition coefficient (Wildman–Crippen LogP) is 2.56. The van der Waals surface area contributed by atoms with Crippen molar-refractivity contribution in [2.24, 2.45) is 5.41 Å². The maximum absolute atomic E-state index is 11.4. The highest BCUT2D eigenvalue weighted by atomic mass is 35.5. The van der Waals surface area contributed by atoms with Crippen molar-refractivity contribution in [3.8, 4) is 0 Å². The number of hydrogen-bond donors (Lipinski definition) is 1. The average Bonchev–Trinajstić information content (AvgIpc) is 1.99. The highest BCUT2D eigenvalue weighted by Gasteiger charge is 2.21. The molecule has 0 rings (SSSR count). The van der Waals surface area contributed by atoms with E-state index in [-0.39, 0.29) is 16.7 Å². The molecule has 0 saturated heterocycles. The molecule has 0 aliphatic carbocycles. The normalized spacial score (nSPS) is 13.9. The number of halogens is 1. The topological polar surface area (TPSA) is 29.1 Å². The quantitative estimate of drug-likeness (QED) is 0.703. The molecule has 0 fully saturated rings. The largest absolute Gasteiger partial charge is 0.354 e. The summed E-state index contributed by atoms with van der Waals surface area (Å²) in [5, 5.41) is 2.90. The average molecular weight is 206 g/mol. The molecular formula is C10H20ClNO. The van der Waals surface area contributed by atoms with Gasteiger partial charge < -0.3 is 5.32 Å². The molecular weight excluding hydrogens is 186 g/mol. The summed E-state index contributed by atoms with van der Waals surface area (Å²) >= 11 is 5.96. The Kier molecular flexibility index (Phi) is 5.38. The molecule has 1 N–H and O–H groups in total. The lowest BCUT2D eigenvalue weighted by molar-refractivity contribution is -0.128. The maximum Gasteiger partial charge on any atom is 0.225 e. The van der Waals surface area contributed by atoms with Gasteiger partial charge in [0.2, 0.25) is 5.91 Å². The van der Waals surface area contributed by atoms with E-state index in [2.05, 4.69) is 12.2 Å². The van der Waals surface area contributed by atoms with Gasteiger partial charge in [0.1, 0.15) is 0 Å². The minimum atomic E-state index is -0.317. The summed E-state index contributed by atoms with van der Waals surface area (Å²) in [5.41, 5.74) is -0.317. The standard InChI is InChI=1S/C10H20ClNO/c1-5-6-8(11)7-12-9(13)10(2,3)4/h8H,5-7H2,1-4H3,(H,12,13). The molecule has 0 radical (unpaired) electrons. The van der Waals surface area contributed by atoms with Gasteiger partial charge in [-0.3, -0.25) is 4.79 Å². The van der Waals surface area contributed by atoms with Crippen LogP contribution >= 0.6 is 11.6 Å². The number of carbonyl (C=O) groups excluding carboxylic acids is 1. The third kappa shape index (κ3) is 5.92. The zero-order valence-corrected chi connectivity index (χ0v) is 9.74. The molecule has 0 aromatic carbocycles. The summed E-state index contributed by atoms with van der Waals surface area (Å²) < 4.78 is 0. The van der Waals surface area contributed by atoms with Crippen LogP contribution in [-0.4, -0.2) is 17.8 Å². The molecule has 13 heavy (non-hydrogen) atoms. The Hall–Kier alpha value is -0.240. The fourth-order valence-electron chi connectivity index (χ4n) is 0.884. The SMILES string of the molecule is CCCC(Cl)CNC(=O)C(C)(C)C. The van der Waals surface area contributed by atoms with Crippen LogP contribution in [0.5, 0.6) is 0 Å². The lowest BCUT2D eigenvalue weighted by Gasteiger charge is -2.18. The van der Waals surface area contributed by atoms with Crippen molar-refractivity contribution in [3.63, 3.8) is 0 Å². The van der Waals surface area contributed by atoms with Gasteiger partial charge in [-0.1, -0.05) is 34.1 Å². The Morgan fingerprint density at radius 1 is 1.46 bits per heavy atom. The molecule has 0 spiro atoms. The summed E-state index contributed by atoms with van der Waals surface area (Å²) in [6.07, 6.45) is 2.01. The van der Waals surface area contributed by atoms with Crippen molar-refractivity contribution >= 4 is 17.5 Å². The Labute approximate surface area is 86.0 Å². The first kappa shape index (κ1) is 12.8. The van der Waals surface area contributed by atoms with E-state index < -0.39 is 0 Å². The summed E-state index contributed by atoms with van der Waals surface area (Å²) in [5.74, 6) is 0.0641. The molecule has 0 aliphatic rings. The summed E-state index contributed by atoms with van der Waals surface area (Å²) in [4.78, 5) is 11.4. The van der Waals surface area contributed by atoms with Gasteiger partial charge >= 0.3 is 0 Å². The third-order valence-electron chi connectivity index (χ3n) is 1.77. The smallest absolute Gasteiger partial charge is 0.225 e. The van der Waals surface area contributed by atoms with Crippen molar-refractivity contribution in [3.05, 3.63) is 0 Å². The van der Waals surface area contributed by atoms with Gasteiger partial charge in [-0.15, -0.1) is 11.6 Å². The van der Waals surface area contributed by atoms with Gasteiger partial charge in [-0.2, -0.15) is 0 Å². The van der Waals surface area contributed by atoms with Crippen LogP contribution in [0.1, 0.15) is 40.5 Å². The van der Waals surface area contributed by atoms with Crippen molar-refractivity contribution in [2.45, 2.75) is 45.9 Å². The fraction of sp³-hybridized carbons (Fsp3) is 0.900. The molecule has 1 unspecified atom stereocenters. The monoisotopic (exact) mass is 205 g/mol. The number of alkyl halides is 1. The predicted molar refractivity (Wildman–Crippen MR) is 57.0 cm³/mol. The van der Waals surface area contributed by atoms with Crippen molar-refractivity contribution in [1.29, 1.82) is 0 Å². The van der Waals surface area contributed by atoms with Crippen LogP contribution in [0.25, 0.3) is 0 Å². The fourth-order valence-corrected chi connectivity index (χ4v) is 1.18. The van der Waals surface area contributed by atoms with Gasteiger partial charge in [-0.25, -0.2) is 0 Å². The van der Waals surface area contributed by atoms with Crippen molar-refractivity contribution in [2.75, 3.05) is 6.54 Å². The second kappa shape index (κ2) is 5.48. The minimum Gasteiger partial charge on any atom is -0.354 e. The van der Waals surface area contributed by atoms with Gasteiger partial charge in [0.15, 0.2) is 0 Å². The van der Waals surface area contributed by atoms with Gasteiger partial charge in [0, 0.05) is 12.0 Å². The second-order valence-corrected chi connectivity index (χ2v) is 4.96. The van der Waals surface area contributed by atoms with Crippen LogP contribution in [0.2, 0.25) is 0 Å². The summed E-state index contributed by atoms with van der Waals surface area (Å²) in [7, 11) is 0. The van der Waals surface area contributed by atoms with Gasteiger partial charge in [0.25, 0.3) is 0 Å². The van der Waals surface area contributed by atoms with Crippen LogP contribution in [0.3, 0.4) is 0 Å². The molecule has 0 aromatic rings. The molecule has 0 aliphatic heterocycles. The zero-order chi connectivity index (χ0) is 10.5. The molecule has 1 atom stereocenters. The molecule has 0 bridgehead atoms. The second-order valence-electron chi connectivity index (χ2n) is 4.35. The molecule has 0 aromatic heterocycles. The number of nitrogens with one attached hydrogen (secondary N) is 1. The van der Waals surface area contributed by atoms with Crippen LogP contribution < -0.4 is 5.32 Å². The van der Waals surface area contributed by atoms with Crippen LogP contribution in [-0.2, 0) is 4.79 Å². The maximum atomic E-state index is 11.4. The molecule has 3 heteroatoms. The lowest BCUT2D eigenvalue weighted by atomic mass is 9.96. The molecule has 2 nitrogen and oxygen atoms in total. The molecule has 78 valence electrons. The highest BCUT2D eigenvalue weighted by molar-refractivity contribution is 6.20. The number of rotatable bonds is 4. The summed E-state index contributed by atoms with van der Waals surface area (Å²) in [6.45, 7) is 8.34. The first-order valence-corrected chi connectivity index (χ1v) is 5.24. The van der Waals surface area contributed by atoms with E-state index in [1.165, 1.54) is 0 Å². The number of amides is 1. The van der Waals surface area contributed by atoms with Gasteiger partial charge in [-0.05, 0) is 6.42 Å². The first-order chi connectivity index (χ1) is 5.88. The van der Waals surface area contributed by atoms with E-state index in [1.54, 1.807) is 0 Å². The zero-order valence-electron chi connectivity index (χ0n) is 8.98. The van der Waals surface area contributed by atoms with E-state index in [9.17, 15) is 4.79 Å². The number of hydrogen-bond acceptors (Lipinski definition) is 1. The highest BCUT2D eigenvalue weighted by Crippen LogP contribution is 2.13. The summed E-state index contributed by atoms with van der Waals surface area (Å²) in [6, 6.07) is 0. The Morgan fingerprint density at radius 3 is 2.38 bits per heavy atom. The van der Waals surface area contributed by atoms with E-state index in [0.717, 1.165) is 12.8 Å². The third-order valence-corrected chi connectivity index (χ3v) is 2.14. The van der Waals surface area contributed by atoms with Crippen LogP contribution in [0, 0.1) is 5.41 Å². The van der Waals surface area contributed by atoms with Gasteiger partial charge in [0.05, 0.1) is 5.38 Å². The Morgan fingerprint density at radius 2 is 2.00 bits per heavy atom. The Bertz CT molecular complexity index is 163. The molecule has 0 saturated carbocycles. The van der Waals surface area contributed by atoms with Crippen LogP contribution in [0.4, 0.5) is 0 Å². The van der Waals surface area contributed by atoms with E-state index >= 15 is 0 Å². The van der Waals surface area contributed by atoms with Crippen molar-refractivity contribution < 1.29 is 4.79 Å². The molecule has 0 heterocycles. The lowest BCUT2D eigenvalue weighted by Crippen LogP contribution is -2.38.